The van der Waals surface area contributed by atoms with E-state index in [1.54, 1.807) is 4.90 Å². The summed E-state index contributed by atoms with van der Waals surface area (Å²) >= 11 is 0. The molecule has 1 aromatic carbocycles. The normalized spacial score (nSPS) is 21.5. The van der Waals surface area contributed by atoms with E-state index in [4.69, 9.17) is 0 Å². The number of aryl methyl sites for hydroxylation is 1. The molecule has 1 fully saturated rings. The maximum Gasteiger partial charge on any atom is 0.308 e. The zero-order valence-corrected chi connectivity index (χ0v) is 12.8. The molecule has 0 aliphatic carbocycles. The number of carboxylic acids is 1. The van der Waals surface area contributed by atoms with Crippen molar-refractivity contribution in [2.45, 2.75) is 20.3 Å². The summed E-state index contributed by atoms with van der Waals surface area (Å²) in [4.78, 5) is 28.6. The van der Waals surface area contributed by atoms with E-state index < -0.39 is 11.9 Å². The van der Waals surface area contributed by atoms with Gasteiger partial charge >= 0.3 is 5.97 Å². The number of aromatic amines is 1. The second-order valence-electron chi connectivity index (χ2n) is 6.21. The van der Waals surface area contributed by atoms with Gasteiger partial charge in [0, 0.05) is 30.2 Å². The lowest BCUT2D eigenvalue weighted by atomic mass is 9.99. The third-order valence-corrected chi connectivity index (χ3v) is 4.62. The van der Waals surface area contributed by atoms with Gasteiger partial charge in [0.25, 0.3) is 0 Å². The Morgan fingerprint density at radius 3 is 2.82 bits per heavy atom. The molecular weight excluding hydrogens is 280 g/mol. The van der Waals surface area contributed by atoms with Crippen LogP contribution < -0.4 is 0 Å². The van der Waals surface area contributed by atoms with E-state index in [1.807, 2.05) is 38.2 Å². The summed E-state index contributed by atoms with van der Waals surface area (Å²) in [5, 5.41) is 10.3. The zero-order chi connectivity index (χ0) is 15.9. The highest BCUT2D eigenvalue weighted by molar-refractivity contribution is 5.91. The van der Waals surface area contributed by atoms with Gasteiger partial charge in [-0.1, -0.05) is 19.1 Å². The fourth-order valence-electron chi connectivity index (χ4n) is 3.36. The molecule has 1 saturated heterocycles. The molecule has 1 aliphatic heterocycles. The van der Waals surface area contributed by atoms with Crippen LogP contribution in [0.3, 0.4) is 0 Å². The predicted molar refractivity (Wildman–Crippen MR) is 83.6 cm³/mol. The Labute approximate surface area is 128 Å². The summed E-state index contributed by atoms with van der Waals surface area (Å²) in [6.45, 7) is 4.76. The number of carboxylic acid groups (broad SMARTS) is 1. The van der Waals surface area contributed by atoms with E-state index in [0.717, 1.165) is 22.0 Å². The third-order valence-electron chi connectivity index (χ3n) is 4.62. The number of rotatable bonds is 3. The van der Waals surface area contributed by atoms with Crippen molar-refractivity contribution < 1.29 is 14.7 Å². The fourth-order valence-corrected chi connectivity index (χ4v) is 3.36. The average molecular weight is 300 g/mol. The van der Waals surface area contributed by atoms with Gasteiger partial charge in [0.15, 0.2) is 0 Å². The first-order valence-corrected chi connectivity index (χ1v) is 7.53. The number of fused-ring (bicyclic) bond motifs is 1. The molecule has 2 heterocycles. The Morgan fingerprint density at radius 2 is 2.14 bits per heavy atom. The molecule has 3 rings (SSSR count). The van der Waals surface area contributed by atoms with Crippen LogP contribution in [0.2, 0.25) is 0 Å². The number of hydrogen-bond acceptors (Lipinski definition) is 2. The molecule has 2 aromatic rings. The second-order valence-corrected chi connectivity index (χ2v) is 6.21. The number of carbonyl (C=O) groups excluding carboxylic acids is 1. The first-order valence-electron chi connectivity index (χ1n) is 7.53. The third kappa shape index (κ3) is 2.47. The molecule has 0 unspecified atom stereocenters. The van der Waals surface area contributed by atoms with Gasteiger partial charge in [-0.15, -0.1) is 0 Å². The van der Waals surface area contributed by atoms with E-state index in [0.29, 0.717) is 19.5 Å². The Bertz CT molecular complexity index is 735. The summed E-state index contributed by atoms with van der Waals surface area (Å²) < 4.78 is 0. The Balaban J connectivity index is 1.78. The van der Waals surface area contributed by atoms with Gasteiger partial charge in [0.2, 0.25) is 5.91 Å². The number of carbonyl (C=O) groups is 2. The fraction of sp³-hybridized carbons (Fsp3) is 0.412. The van der Waals surface area contributed by atoms with Gasteiger partial charge in [-0.05, 0) is 30.0 Å². The van der Waals surface area contributed by atoms with Crippen molar-refractivity contribution in [3.63, 3.8) is 0 Å². The molecule has 0 saturated carbocycles. The Hall–Kier alpha value is -2.30. The van der Waals surface area contributed by atoms with E-state index in [1.165, 1.54) is 0 Å². The van der Waals surface area contributed by atoms with Crippen LogP contribution >= 0.6 is 0 Å². The van der Waals surface area contributed by atoms with E-state index in [-0.39, 0.29) is 11.8 Å². The lowest BCUT2D eigenvalue weighted by Gasteiger charge is -2.15. The summed E-state index contributed by atoms with van der Waals surface area (Å²) in [6, 6.07) is 6.01. The van der Waals surface area contributed by atoms with Gasteiger partial charge < -0.3 is 15.0 Å². The maximum atomic E-state index is 12.5. The second kappa shape index (κ2) is 5.48. The highest BCUT2D eigenvalue weighted by Crippen LogP contribution is 2.26. The van der Waals surface area contributed by atoms with Crippen molar-refractivity contribution in [1.29, 1.82) is 0 Å². The van der Waals surface area contributed by atoms with Crippen molar-refractivity contribution in [1.82, 2.24) is 9.88 Å². The molecule has 2 atom stereocenters. The SMILES string of the molecule is Cc1cccc2[nH]cc(CC(=O)N3C[C@@H](C)[C@H](C(=O)O)C3)c12. The number of aromatic nitrogens is 1. The number of amides is 1. The van der Waals surface area contributed by atoms with Crippen molar-refractivity contribution in [2.24, 2.45) is 11.8 Å². The van der Waals surface area contributed by atoms with Gasteiger partial charge in [-0.2, -0.15) is 0 Å². The number of hydrogen-bond donors (Lipinski definition) is 2. The molecule has 0 radical (unpaired) electrons. The number of nitrogens with one attached hydrogen (secondary N) is 1. The molecule has 2 N–H and O–H groups in total. The maximum absolute atomic E-state index is 12.5. The lowest BCUT2D eigenvalue weighted by Crippen LogP contribution is -2.31. The van der Waals surface area contributed by atoms with E-state index in [9.17, 15) is 14.7 Å². The van der Waals surface area contributed by atoms with Crippen LogP contribution in [0.15, 0.2) is 24.4 Å². The van der Waals surface area contributed by atoms with Crippen LogP contribution in [-0.4, -0.2) is 40.0 Å². The number of aliphatic carboxylic acids is 1. The van der Waals surface area contributed by atoms with Crippen LogP contribution in [0.5, 0.6) is 0 Å². The molecule has 0 bridgehead atoms. The monoisotopic (exact) mass is 300 g/mol. The van der Waals surface area contributed by atoms with Crippen molar-refractivity contribution in [3.8, 4) is 0 Å². The van der Waals surface area contributed by atoms with Crippen LogP contribution in [0.4, 0.5) is 0 Å². The van der Waals surface area contributed by atoms with Crippen molar-refractivity contribution in [2.75, 3.05) is 13.1 Å². The van der Waals surface area contributed by atoms with Crippen LogP contribution in [-0.2, 0) is 16.0 Å². The lowest BCUT2D eigenvalue weighted by molar-refractivity contribution is -0.142. The highest BCUT2D eigenvalue weighted by Gasteiger charge is 2.36. The van der Waals surface area contributed by atoms with Crippen molar-refractivity contribution in [3.05, 3.63) is 35.5 Å². The Morgan fingerprint density at radius 1 is 1.36 bits per heavy atom. The molecule has 5 heteroatoms. The first-order chi connectivity index (χ1) is 10.5. The molecule has 1 amide bonds. The van der Waals surface area contributed by atoms with Crippen molar-refractivity contribution >= 4 is 22.8 Å². The molecule has 5 nitrogen and oxygen atoms in total. The van der Waals surface area contributed by atoms with Crippen LogP contribution in [0, 0.1) is 18.8 Å². The van der Waals surface area contributed by atoms with Gasteiger partial charge in [-0.25, -0.2) is 0 Å². The smallest absolute Gasteiger partial charge is 0.308 e. The summed E-state index contributed by atoms with van der Waals surface area (Å²) in [7, 11) is 0. The summed E-state index contributed by atoms with van der Waals surface area (Å²) in [5.41, 5.74) is 3.14. The molecule has 0 spiro atoms. The van der Waals surface area contributed by atoms with E-state index in [2.05, 4.69) is 4.98 Å². The minimum absolute atomic E-state index is 0.000229. The quantitative estimate of drug-likeness (QED) is 0.912. The molecule has 1 aliphatic rings. The standard InChI is InChI=1S/C17H20N2O3/c1-10-4-3-5-14-16(10)12(7-18-14)6-15(20)19-8-11(2)13(9-19)17(21)22/h3-5,7,11,13,18H,6,8-9H2,1-2H3,(H,21,22)/t11-,13-/m1/s1. The topological polar surface area (TPSA) is 73.4 Å². The summed E-state index contributed by atoms with van der Waals surface area (Å²) in [5.74, 6) is -1.26. The first kappa shape index (κ1) is 14.6. The summed E-state index contributed by atoms with van der Waals surface area (Å²) in [6.07, 6.45) is 2.19. The number of benzene rings is 1. The highest BCUT2D eigenvalue weighted by atomic mass is 16.4. The van der Waals surface area contributed by atoms with Gasteiger partial charge in [0.05, 0.1) is 12.3 Å². The minimum atomic E-state index is -0.814. The molecule has 1 aromatic heterocycles. The number of H-pyrrole nitrogens is 1. The number of likely N-dealkylation sites (tertiary alicyclic amines) is 1. The molecule has 22 heavy (non-hydrogen) atoms. The minimum Gasteiger partial charge on any atom is -0.481 e. The van der Waals surface area contributed by atoms with Crippen LogP contribution in [0.25, 0.3) is 10.9 Å². The van der Waals surface area contributed by atoms with Crippen LogP contribution in [0.1, 0.15) is 18.1 Å². The molecular formula is C17H20N2O3. The Kier molecular flexibility index (Phi) is 3.64. The van der Waals surface area contributed by atoms with E-state index >= 15 is 0 Å². The molecule has 116 valence electrons. The predicted octanol–water partition coefficient (Wildman–Crippen LogP) is 2.20. The number of nitrogens with zero attached hydrogens (tertiary/aromatic N) is 1. The average Bonchev–Trinajstić information content (AvgIpc) is 3.04. The van der Waals surface area contributed by atoms with Gasteiger partial charge in [-0.3, -0.25) is 9.59 Å². The largest absolute Gasteiger partial charge is 0.481 e. The van der Waals surface area contributed by atoms with Gasteiger partial charge in [0.1, 0.15) is 0 Å². The zero-order valence-electron chi connectivity index (χ0n) is 12.8.